The first-order valence-electron chi connectivity index (χ1n) is 6.39. The van der Waals surface area contributed by atoms with Gasteiger partial charge in [0.1, 0.15) is 6.04 Å². The van der Waals surface area contributed by atoms with Crippen molar-refractivity contribution in [2.24, 2.45) is 0 Å². The summed E-state index contributed by atoms with van der Waals surface area (Å²) in [5.41, 5.74) is 0. The molecule has 0 aromatic heterocycles. The van der Waals surface area contributed by atoms with E-state index < -0.39 is 0 Å². The van der Waals surface area contributed by atoms with Gasteiger partial charge in [-0.15, -0.1) is 0 Å². The van der Waals surface area contributed by atoms with E-state index in [1.165, 1.54) is 19.3 Å². The number of rotatable bonds is 2. The third kappa shape index (κ3) is 2.38. The molecule has 2 unspecified atom stereocenters. The fraction of sp³-hybridized carbons (Fsp3) is 0.917. The Hall–Kier alpha value is -0.610. The molecule has 4 nitrogen and oxygen atoms in total. The molecule has 1 amide bonds. The zero-order valence-electron chi connectivity index (χ0n) is 9.98. The maximum absolute atomic E-state index is 12.1. The minimum atomic E-state index is -0.384. The van der Waals surface area contributed by atoms with Crippen molar-refractivity contribution >= 4 is 5.91 Å². The summed E-state index contributed by atoms with van der Waals surface area (Å²) in [6.45, 7) is 2.78. The third-order valence-electron chi connectivity index (χ3n) is 3.74. The van der Waals surface area contributed by atoms with Crippen LogP contribution in [-0.2, 0) is 4.79 Å². The molecule has 2 fully saturated rings. The summed E-state index contributed by atoms with van der Waals surface area (Å²) >= 11 is 0. The fourth-order valence-corrected chi connectivity index (χ4v) is 2.91. The van der Waals surface area contributed by atoms with Crippen molar-refractivity contribution in [2.45, 2.75) is 57.2 Å². The second kappa shape index (κ2) is 5.15. The van der Waals surface area contributed by atoms with Crippen LogP contribution in [0.15, 0.2) is 0 Å². The van der Waals surface area contributed by atoms with Gasteiger partial charge in [-0.05, 0) is 19.8 Å². The number of aliphatic hydroxyl groups is 1. The van der Waals surface area contributed by atoms with E-state index in [0.717, 1.165) is 19.4 Å². The van der Waals surface area contributed by atoms with Crippen molar-refractivity contribution in [1.29, 1.82) is 0 Å². The highest BCUT2D eigenvalue weighted by Gasteiger charge is 2.35. The van der Waals surface area contributed by atoms with Gasteiger partial charge < -0.3 is 10.0 Å². The number of piperazine rings is 1. The van der Waals surface area contributed by atoms with Crippen molar-refractivity contribution in [3.63, 3.8) is 0 Å². The Morgan fingerprint density at radius 2 is 2.06 bits per heavy atom. The number of nitrogens with one attached hydrogen (secondary N) is 1. The van der Waals surface area contributed by atoms with E-state index in [1.807, 2.05) is 4.90 Å². The van der Waals surface area contributed by atoms with Crippen molar-refractivity contribution in [2.75, 3.05) is 13.2 Å². The summed E-state index contributed by atoms with van der Waals surface area (Å²) in [5, 5.41) is 12.3. The van der Waals surface area contributed by atoms with Crippen LogP contribution in [0.2, 0.25) is 0 Å². The lowest BCUT2D eigenvalue weighted by Gasteiger charge is -2.42. The largest absolute Gasteiger partial charge is 0.394 e. The third-order valence-corrected chi connectivity index (χ3v) is 3.74. The summed E-state index contributed by atoms with van der Waals surface area (Å²) in [6, 6.07) is 0.322. The molecule has 1 aliphatic heterocycles. The quantitative estimate of drug-likeness (QED) is 0.721. The number of carbonyl (C=O) groups excluding carboxylic acids is 1. The predicted molar refractivity (Wildman–Crippen MR) is 62.1 cm³/mol. The first-order chi connectivity index (χ1) is 7.72. The van der Waals surface area contributed by atoms with Crippen LogP contribution in [0.1, 0.15) is 39.0 Å². The Morgan fingerprint density at radius 3 is 2.69 bits per heavy atom. The molecule has 1 heterocycles. The van der Waals surface area contributed by atoms with Crippen molar-refractivity contribution in [3.05, 3.63) is 0 Å². The molecular weight excluding hydrogens is 204 g/mol. The molecule has 0 radical (unpaired) electrons. The number of hydrogen-bond acceptors (Lipinski definition) is 3. The van der Waals surface area contributed by atoms with Gasteiger partial charge >= 0.3 is 0 Å². The SMILES string of the molecule is CC1CN(C2CCCCC2)C(=O)C(CO)N1. The summed E-state index contributed by atoms with van der Waals surface area (Å²) in [6.07, 6.45) is 6.04. The average molecular weight is 226 g/mol. The summed E-state index contributed by atoms with van der Waals surface area (Å²) in [4.78, 5) is 14.1. The minimum absolute atomic E-state index is 0.0903. The Labute approximate surface area is 97.0 Å². The molecule has 2 N–H and O–H groups in total. The van der Waals surface area contributed by atoms with E-state index in [9.17, 15) is 9.90 Å². The number of hydrogen-bond donors (Lipinski definition) is 2. The highest BCUT2D eigenvalue weighted by molar-refractivity contribution is 5.83. The molecule has 1 aliphatic carbocycles. The van der Waals surface area contributed by atoms with Crippen LogP contribution in [0.25, 0.3) is 0 Å². The second-order valence-electron chi connectivity index (χ2n) is 5.09. The van der Waals surface area contributed by atoms with E-state index in [0.29, 0.717) is 6.04 Å². The van der Waals surface area contributed by atoms with Crippen molar-refractivity contribution in [1.82, 2.24) is 10.2 Å². The second-order valence-corrected chi connectivity index (χ2v) is 5.09. The number of carbonyl (C=O) groups is 1. The van der Waals surface area contributed by atoms with Gasteiger partial charge in [0.25, 0.3) is 0 Å². The smallest absolute Gasteiger partial charge is 0.242 e. The van der Waals surface area contributed by atoms with E-state index in [2.05, 4.69) is 12.2 Å². The standard InChI is InChI=1S/C12H22N2O2/c1-9-7-14(10-5-3-2-4-6-10)12(16)11(8-15)13-9/h9-11,13,15H,2-8H2,1H3. The molecule has 2 rings (SSSR count). The fourth-order valence-electron chi connectivity index (χ4n) is 2.91. The van der Waals surface area contributed by atoms with Gasteiger partial charge in [-0.25, -0.2) is 0 Å². The number of aliphatic hydroxyl groups excluding tert-OH is 1. The average Bonchev–Trinajstić information content (AvgIpc) is 2.33. The van der Waals surface area contributed by atoms with Crippen LogP contribution in [-0.4, -0.2) is 47.2 Å². The highest BCUT2D eigenvalue weighted by atomic mass is 16.3. The van der Waals surface area contributed by atoms with Crippen molar-refractivity contribution < 1.29 is 9.90 Å². The molecule has 0 bridgehead atoms. The normalized spacial score (nSPS) is 33.1. The van der Waals surface area contributed by atoms with E-state index in [4.69, 9.17) is 0 Å². The van der Waals surface area contributed by atoms with Gasteiger partial charge in [-0.3, -0.25) is 10.1 Å². The molecule has 0 aromatic carbocycles. The van der Waals surface area contributed by atoms with Gasteiger partial charge in [0, 0.05) is 18.6 Å². The number of amides is 1. The van der Waals surface area contributed by atoms with Gasteiger partial charge in [0.15, 0.2) is 0 Å². The first-order valence-corrected chi connectivity index (χ1v) is 6.39. The summed E-state index contributed by atoms with van der Waals surface area (Å²) < 4.78 is 0. The van der Waals surface area contributed by atoms with Gasteiger partial charge in [0.05, 0.1) is 6.61 Å². The summed E-state index contributed by atoms with van der Waals surface area (Å²) in [5.74, 6) is 0.0903. The van der Waals surface area contributed by atoms with Gasteiger partial charge in [0.2, 0.25) is 5.91 Å². The molecule has 0 aromatic rings. The monoisotopic (exact) mass is 226 g/mol. The molecule has 1 saturated heterocycles. The van der Waals surface area contributed by atoms with Crippen LogP contribution in [0.3, 0.4) is 0 Å². The van der Waals surface area contributed by atoms with Crippen molar-refractivity contribution in [3.8, 4) is 0 Å². The Morgan fingerprint density at radius 1 is 1.38 bits per heavy atom. The zero-order chi connectivity index (χ0) is 11.5. The molecule has 92 valence electrons. The Bertz CT molecular complexity index is 251. The van der Waals surface area contributed by atoms with Gasteiger partial charge in [-0.2, -0.15) is 0 Å². The number of nitrogens with zero attached hydrogens (tertiary/aromatic N) is 1. The topological polar surface area (TPSA) is 52.6 Å². The summed E-state index contributed by atoms with van der Waals surface area (Å²) in [7, 11) is 0. The van der Waals surface area contributed by atoms with Gasteiger partial charge in [-0.1, -0.05) is 19.3 Å². The lowest BCUT2D eigenvalue weighted by atomic mass is 9.92. The first kappa shape index (κ1) is 11.9. The van der Waals surface area contributed by atoms with E-state index >= 15 is 0 Å². The Balaban J connectivity index is 2.03. The zero-order valence-corrected chi connectivity index (χ0v) is 9.98. The Kier molecular flexibility index (Phi) is 3.82. The maximum atomic E-state index is 12.1. The minimum Gasteiger partial charge on any atom is -0.394 e. The molecule has 4 heteroatoms. The van der Waals surface area contributed by atoms with Crippen LogP contribution in [0.5, 0.6) is 0 Å². The molecular formula is C12H22N2O2. The molecule has 0 spiro atoms. The van der Waals surface area contributed by atoms with Crippen LogP contribution >= 0.6 is 0 Å². The van der Waals surface area contributed by atoms with Crippen LogP contribution in [0, 0.1) is 0 Å². The highest BCUT2D eigenvalue weighted by Crippen LogP contribution is 2.24. The van der Waals surface area contributed by atoms with E-state index in [-0.39, 0.29) is 24.6 Å². The lowest BCUT2D eigenvalue weighted by Crippen LogP contribution is -2.62. The van der Waals surface area contributed by atoms with Crippen LogP contribution in [0.4, 0.5) is 0 Å². The predicted octanol–water partition coefficient (Wildman–Crippen LogP) is 0.500. The maximum Gasteiger partial charge on any atom is 0.242 e. The van der Waals surface area contributed by atoms with E-state index in [1.54, 1.807) is 0 Å². The van der Waals surface area contributed by atoms with Crippen LogP contribution < -0.4 is 5.32 Å². The molecule has 1 saturated carbocycles. The molecule has 2 atom stereocenters. The molecule has 16 heavy (non-hydrogen) atoms. The molecule has 2 aliphatic rings. The lowest BCUT2D eigenvalue weighted by molar-refractivity contribution is -0.141.